The van der Waals surface area contributed by atoms with Gasteiger partial charge in [-0.1, -0.05) is 11.6 Å². The van der Waals surface area contributed by atoms with E-state index in [0.29, 0.717) is 23.9 Å². The maximum Gasteiger partial charge on any atom is 0.223 e. The summed E-state index contributed by atoms with van der Waals surface area (Å²) >= 11 is 5.94. The van der Waals surface area contributed by atoms with Gasteiger partial charge < -0.3 is 15.2 Å². The first-order valence-electron chi connectivity index (χ1n) is 8.51. The molecule has 2 aromatic rings. The number of carbonyl (C=O) groups excluding carboxylic acids is 1. The van der Waals surface area contributed by atoms with Crippen LogP contribution in [-0.4, -0.2) is 40.4 Å². The number of benzene rings is 1. The van der Waals surface area contributed by atoms with Crippen molar-refractivity contribution >= 4 is 17.5 Å². The zero-order valence-electron chi connectivity index (χ0n) is 13.5. The maximum absolute atomic E-state index is 12.5. The van der Waals surface area contributed by atoms with Crippen molar-refractivity contribution in [1.82, 2.24) is 20.2 Å². The van der Waals surface area contributed by atoms with E-state index in [-0.39, 0.29) is 5.91 Å². The second-order valence-electron chi connectivity index (χ2n) is 6.65. The predicted molar refractivity (Wildman–Crippen MR) is 93.7 cm³/mol. The standard InChI is InChI=1S/C18H21ClN4O/c19-14-3-1-13(2-4-14)18-21-15-6-8-23(11-16(15)22-18)17(24)9-12-5-7-20-10-12/h1-4,12,20H,5-11H2,(H,21,22). The van der Waals surface area contributed by atoms with Crippen LogP contribution < -0.4 is 5.32 Å². The highest BCUT2D eigenvalue weighted by Crippen LogP contribution is 2.25. The lowest BCUT2D eigenvalue weighted by Gasteiger charge is -2.27. The quantitative estimate of drug-likeness (QED) is 0.899. The Labute approximate surface area is 146 Å². The van der Waals surface area contributed by atoms with E-state index in [1.165, 1.54) is 0 Å². The molecule has 1 amide bonds. The van der Waals surface area contributed by atoms with Crippen molar-refractivity contribution < 1.29 is 4.79 Å². The number of aromatic amines is 1. The molecule has 1 aromatic carbocycles. The number of H-pyrrole nitrogens is 1. The van der Waals surface area contributed by atoms with Crippen molar-refractivity contribution in [3.63, 3.8) is 0 Å². The van der Waals surface area contributed by atoms with Crippen LogP contribution in [0.4, 0.5) is 0 Å². The van der Waals surface area contributed by atoms with Crippen LogP contribution in [0, 0.1) is 5.92 Å². The van der Waals surface area contributed by atoms with Gasteiger partial charge in [0.05, 0.1) is 17.9 Å². The summed E-state index contributed by atoms with van der Waals surface area (Å²) in [6.45, 7) is 3.40. The summed E-state index contributed by atoms with van der Waals surface area (Å²) in [5.74, 6) is 1.60. The minimum atomic E-state index is 0.261. The lowest BCUT2D eigenvalue weighted by atomic mass is 10.0. The second kappa shape index (κ2) is 6.57. The smallest absolute Gasteiger partial charge is 0.223 e. The van der Waals surface area contributed by atoms with Crippen LogP contribution in [0.1, 0.15) is 24.2 Å². The highest BCUT2D eigenvalue weighted by molar-refractivity contribution is 6.30. The van der Waals surface area contributed by atoms with Crippen LogP contribution in [0.2, 0.25) is 5.02 Å². The summed E-state index contributed by atoms with van der Waals surface area (Å²) in [4.78, 5) is 22.6. The van der Waals surface area contributed by atoms with Gasteiger partial charge in [-0.3, -0.25) is 4.79 Å². The van der Waals surface area contributed by atoms with Gasteiger partial charge in [-0.25, -0.2) is 4.98 Å². The molecule has 24 heavy (non-hydrogen) atoms. The van der Waals surface area contributed by atoms with E-state index in [4.69, 9.17) is 16.6 Å². The van der Waals surface area contributed by atoms with Gasteiger partial charge >= 0.3 is 0 Å². The molecular formula is C18H21ClN4O. The van der Waals surface area contributed by atoms with Gasteiger partial charge in [0, 0.05) is 30.0 Å². The first kappa shape index (κ1) is 15.7. The third kappa shape index (κ3) is 3.19. The van der Waals surface area contributed by atoms with E-state index in [1.54, 1.807) is 0 Å². The summed E-state index contributed by atoms with van der Waals surface area (Å²) in [6.07, 6.45) is 2.57. The number of carbonyl (C=O) groups is 1. The molecule has 2 aliphatic heterocycles. The lowest BCUT2D eigenvalue weighted by Crippen LogP contribution is -2.37. The third-order valence-corrected chi connectivity index (χ3v) is 5.18. The fraction of sp³-hybridized carbons (Fsp3) is 0.444. The molecule has 1 fully saturated rings. The normalized spacial score (nSPS) is 20.2. The Hall–Kier alpha value is -1.85. The summed E-state index contributed by atoms with van der Waals surface area (Å²) < 4.78 is 0. The first-order valence-corrected chi connectivity index (χ1v) is 8.89. The second-order valence-corrected chi connectivity index (χ2v) is 7.08. The molecule has 126 valence electrons. The molecule has 1 aromatic heterocycles. The number of amides is 1. The SMILES string of the molecule is O=C(CC1CCNC1)N1CCc2nc(-c3ccc(Cl)cc3)[nH]c2C1. The molecule has 6 heteroatoms. The zero-order chi connectivity index (χ0) is 16.5. The van der Waals surface area contributed by atoms with Crippen LogP contribution in [0.25, 0.3) is 11.4 Å². The van der Waals surface area contributed by atoms with Gasteiger partial charge in [-0.05, 0) is 49.7 Å². The molecule has 5 nitrogen and oxygen atoms in total. The Bertz CT molecular complexity index is 734. The average molecular weight is 345 g/mol. The van der Waals surface area contributed by atoms with E-state index >= 15 is 0 Å². The molecule has 0 saturated carbocycles. The number of halogens is 1. The Morgan fingerprint density at radius 2 is 2.17 bits per heavy atom. The average Bonchev–Trinajstić information content (AvgIpc) is 3.23. The minimum absolute atomic E-state index is 0.261. The van der Waals surface area contributed by atoms with Gasteiger partial charge in [0.15, 0.2) is 0 Å². The molecular weight excluding hydrogens is 324 g/mol. The monoisotopic (exact) mass is 344 g/mol. The number of imidazole rings is 1. The molecule has 0 bridgehead atoms. The van der Waals surface area contributed by atoms with E-state index in [0.717, 1.165) is 55.3 Å². The molecule has 0 spiro atoms. The molecule has 1 saturated heterocycles. The van der Waals surface area contributed by atoms with E-state index in [1.807, 2.05) is 29.2 Å². The Morgan fingerprint density at radius 3 is 2.92 bits per heavy atom. The molecule has 0 aliphatic carbocycles. The van der Waals surface area contributed by atoms with Gasteiger partial charge in [0.1, 0.15) is 5.82 Å². The van der Waals surface area contributed by atoms with Gasteiger partial charge in [0.25, 0.3) is 0 Å². The molecule has 1 unspecified atom stereocenters. The number of hydrogen-bond acceptors (Lipinski definition) is 3. The molecule has 3 heterocycles. The Balaban J connectivity index is 1.46. The number of hydrogen-bond donors (Lipinski definition) is 2. The fourth-order valence-electron chi connectivity index (χ4n) is 3.52. The predicted octanol–water partition coefficient (Wildman–Crippen LogP) is 2.61. The van der Waals surface area contributed by atoms with Crippen molar-refractivity contribution in [1.29, 1.82) is 0 Å². The maximum atomic E-state index is 12.5. The summed E-state index contributed by atoms with van der Waals surface area (Å²) in [5.41, 5.74) is 3.15. The fourth-order valence-corrected chi connectivity index (χ4v) is 3.64. The molecule has 2 N–H and O–H groups in total. The van der Waals surface area contributed by atoms with Crippen molar-refractivity contribution in [2.45, 2.75) is 25.8 Å². The number of nitrogens with one attached hydrogen (secondary N) is 2. The van der Waals surface area contributed by atoms with Crippen molar-refractivity contribution in [3.8, 4) is 11.4 Å². The van der Waals surface area contributed by atoms with E-state index in [2.05, 4.69) is 10.3 Å². The van der Waals surface area contributed by atoms with Crippen LogP contribution >= 0.6 is 11.6 Å². The number of nitrogens with zero attached hydrogens (tertiary/aromatic N) is 2. The minimum Gasteiger partial charge on any atom is -0.340 e. The number of rotatable bonds is 3. The first-order chi connectivity index (χ1) is 11.7. The van der Waals surface area contributed by atoms with Crippen LogP contribution in [-0.2, 0) is 17.8 Å². The largest absolute Gasteiger partial charge is 0.340 e. The van der Waals surface area contributed by atoms with Crippen LogP contribution in [0.15, 0.2) is 24.3 Å². The van der Waals surface area contributed by atoms with Gasteiger partial charge in [-0.2, -0.15) is 0 Å². The van der Waals surface area contributed by atoms with E-state index < -0.39 is 0 Å². The summed E-state index contributed by atoms with van der Waals surface area (Å²) in [5, 5.41) is 4.04. The number of fused-ring (bicyclic) bond motifs is 1. The van der Waals surface area contributed by atoms with Crippen LogP contribution in [0.3, 0.4) is 0 Å². The Kier molecular flexibility index (Phi) is 4.29. The van der Waals surface area contributed by atoms with Crippen molar-refractivity contribution in [3.05, 3.63) is 40.7 Å². The molecule has 0 radical (unpaired) electrons. The molecule has 2 aliphatic rings. The van der Waals surface area contributed by atoms with Crippen LogP contribution in [0.5, 0.6) is 0 Å². The van der Waals surface area contributed by atoms with Crippen molar-refractivity contribution in [2.24, 2.45) is 5.92 Å². The highest BCUT2D eigenvalue weighted by Gasteiger charge is 2.26. The summed E-state index contributed by atoms with van der Waals surface area (Å²) in [7, 11) is 0. The molecule has 1 atom stereocenters. The van der Waals surface area contributed by atoms with Gasteiger partial charge in [0.2, 0.25) is 5.91 Å². The molecule has 4 rings (SSSR count). The Morgan fingerprint density at radius 1 is 1.33 bits per heavy atom. The summed E-state index contributed by atoms with van der Waals surface area (Å²) in [6, 6.07) is 7.65. The lowest BCUT2D eigenvalue weighted by molar-refractivity contribution is -0.133. The zero-order valence-corrected chi connectivity index (χ0v) is 14.3. The number of aromatic nitrogens is 2. The van der Waals surface area contributed by atoms with E-state index in [9.17, 15) is 4.79 Å². The topological polar surface area (TPSA) is 61.0 Å². The van der Waals surface area contributed by atoms with Gasteiger partial charge in [-0.15, -0.1) is 0 Å². The van der Waals surface area contributed by atoms with Crippen molar-refractivity contribution in [2.75, 3.05) is 19.6 Å². The highest BCUT2D eigenvalue weighted by atomic mass is 35.5. The third-order valence-electron chi connectivity index (χ3n) is 4.93.